The van der Waals surface area contributed by atoms with Crippen LogP contribution >= 0.6 is 0 Å². The van der Waals surface area contributed by atoms with E-state index in [0.29, 0.717) is 12.5 Å². The van der Waals surface area contributed by atoms with Crippen LogP contribution in [0, 0.1) is 11.3 Å². The molecular formula is C10H18O2. The Labute approximate surface area is 74.3 Å². The summed E-state index contributed by atoms with van der Waals surface area (Å²) in [5.41, 5.74) is -0.0462. The fraction of sp³-hybridized carbons (Fsp3) is 0.900. The predicted octanol–water partition coefficient (Wildman–Crippen LogP) is 2.03. The molecule has 2 atom stereocenters. The summed E-state index contributed by atoms with van der Waals surface area (Å²) in [7, 11) is 1.69. The maximum Gasteiger partial charge on any atom is 0.126 e. The van der Waals surface area contributed by atoms with Crippen LogP contribution < -0.4 is 0 Å². The Morgan fingerprint density at radius 1 is 1.67 bits per heavy atom. The van der Waals surface area contributed by atoms with Gasteiger partial charge in [0.25, 0.3) is 0 Å². The van der Waals surface area contributed by atoms with Crippen LogP contribution in [0.1, 0.15) is 32.6 Å². The van der Waals surface area contributed by atoms with E-state index in [0.717, 1.165) is 25.5 Å². The summed E-state index contributed by atoms with van der Waals surface area (Å²) in [5, 5.41) is 0. The minimum Gasteiger partial charge on any atom is -0.385 e. The lowest BCUT2D eigenvalue weighted by atomic mass is 9.84. The fourth-order valence-corrected chi connectivity index (χ4v) is 2.13. The molecule has 0 aromatic carbocycles. The van der Waals surface area contributed by atoms with Gasteiger partial charge in [-0.3, -0.25) is 0 Å². The van der Waals surface area contributed by atoms with Crippen molar-refractivity contribution in [1.82, 2.24) is 0 Å². The Hall–Kier alpha value is -0.370. The quantitative estimate of drug-likeness (QED) is 0.603. The van der Waals surface area contributed by atoms with Gasteiger partial charge in [0.1, 0.15) is 6.29 Å². The van der Waals surface area contributed by atoms with Gasteiger partial charge in [-0.1, -0.05) is 6.92 Å². The van der Waals surface area contributed by atoms with Crippen molar-refractivity contribution >= 4 is 6.29 Å². The number of rotatable bonds is 4. The maximum atomic E-state index is 10.9. The van der Waals surface area contributed by atoms with E-state index in [4.69, 9.17) is 4.74 Å². The van der Waals surface area contributed by atoms with E-state index >= 15 is 0 Å². The van der Waals surface area contributed by atoms with E-state index in [-0.39, 0.29) is 5.41 Å². The summed E-state index contributed by atoms with van der Waals surface area (Å²) in [6.07, 6.45) is 5.36. The molecular weight excluding hydrogens is 152 g/mol. The zero-order chi connectivity index (χ0) is 9.03. The van der Waals surface area contributed by atoms with E-state index in [1.165, 1.54) is 6.42 Å². The SMILES string of the molecule is COCCC1(C=O)CCC(C)C1. The van der Waals surface area contributed by atoms with Gasteiger partial charge >= 0.3 is 0 Å². The summed E-state index contributed by atoms with van der Waals surface area (Å²) in [4.78, 5) is 10.9. The summed E-state index contributed by atoms with van der Waals surface area (Å²) in [5.74, 6) is 0.715. The predicted molar refractivity (Wildman–Crippen MR) is 48.0 cm³/mol. The fourth-order valence-electron chi connectivity index (χ4n) is 2.13. The van der Waals surface area contributed by atoms with Crippen LogP contribution in [0.25, 0.3) is 0 Å². The van der Waals surface area contributed by atoms with Gasteiger partial charge in [0, 0.05) is 19.1 Å². The molecule has 1 rings (SSSR count). The maximum absolute atomic E-state index is 10.9. The smallest absolute Gasteiger partial charge is 0.126 e. The number of hydrogen-bond donors (Lipinski definition) is 0. The zero-order valence-electron chi connectivity index (χ0n) is 8.01. The normalized spacial score (nSPS) is 35.3. The first-order valence-electron chi connectivity index (χ1n) is 4.68. The largest absolute Gasteiger partial charge is 0.385 e. The summed E-state index contributed by atoms with van der Waals surface area (Å²) in [6, 6.07) is 0. The summed E-state index contributed by atoms with van der Waals surface area (Å²) < 4.78 is 5.01. The third-order valence-electron chi connectivity index (χ3n) is 2.94. The minimum absolute atomic E-state index is 0.0462. The van der Waals surface area contributed by atoms with Crippen molar-refractivity contribution < 1.29 is 9.53 Å². The van der Waals surface area contributed by atoms with E-state index in [1.54, 1.807) is 7.11 Å². The lowest BCUT2D eigenvalue weighted by molar-refractivity contribution is -0.117. The van der Waals surface area contributed by atoms with E-state index < -0.39 is 0 Å². The lowest BCUT2D eigenvalue weighted by Crippen LogP contribution is -2.20. The molecule has 0 amide bonds. The van der Waals surface area contributed by atoms with Gasteiger partial charge in [-0.25, -0.2) is 0 Å². The second-order valence-electron chi connectivity index (χ2n) is 4.07. The molecule has 1 fully saturated rings. The monoisotopic (exact) mass is 170 g/mol. The molecule has 2 heteroatoms. The highest BCUT2D eigenvalue weighted by Crippen LogP contribution is 2.42. The molecule has 0 radical (unpaired) electrons. The first-order valence-corrected chi connectivity index (χ1v) is 4.68. The molecule has 0 aliphatic heterocycles. The van der Waals surface area contributed by atoms with Crippen molar-refractivity contribution in [3.63, 3.8) is 0 Å². The number of carbonyl (C=O) groups excluding carboxylic acids is 1. The van der Waals surface area contributed by atoms with Crippen LogP contribution in [0.15, 0.2) is 0 Å². The summed E-state index contributed by atoms with van der Waals surface area (Å²) >= 11 is 0. The third-order valence-corrected chi connectivity index (χ3v) is 2.94. The van der Waals surface area contributed by atoms with Crippen LogP contribution in [-0.2, 0) is 9.53 Å². The van der Waals surface area contributed by atoms with Crippen LogP contribution in [0.3, 0.4) is 0 Å². The topological polar surface area (TPSA) is 26.3 Å². The van der Waals surface area contributed by atoms with E-state index in [9.17, 15) is 4.79 Å². The molecule has 2 nitrogen and oxygen atoms in total. The van der Waals surface area contributed by atoms with Crippen LogP contribution in [0.2, 0.25) is 0 Å². The highest BCUT2D eigenvalue weighted by molar-refractivity contribution is 5.59. The average molecular weight is 170 g/mol. The Morgan fingerprint density at radius 3 is 2.83 bits per heavy atom. The Kier molecular flexibility index (Phi) is 3.27. The van der Waals surface area contributed by atoms with Crippen molar-refractivity contribution in [2.24, 2.45) is 11.3 Å². The number of ether oxygens (including phenoxy) is 1. The molecule has 0 aromatic heterocycles. The standard InChI is InChI=1S/C10H18O2/c1-9-3-4-10(7-9,8-11)5-6-12-2/h8-9H,3-7H2,1-2H3. The highest BCUT2D eigenvalue weighted by Gasteiger charge is 2.36. The third kappa shape index (κ3) is 2.07. The first-order chi connectivity index (χ1) is 5.72. The average Bonchev–Trinajstić information content (AvgIpc) is 2.45. The molecule has 0 spiro atoms. The van der Waals surface area contributed by atoms with Crippen molar-refractivity contribution in [3.8, 4) is 0 Å². The van der Waals surface area contributed by atoms with Gasteiger partial charge in [0.05, 0.1) is 0 Å². The molecule has 0 N–H and O–H groups in total. The number of carbonyl (C=O) groups is 1. The van der Waals surface area contributed by atoms with Crippen molar-refractivity contribution in [3.05, 3.63) is 0 Å². The van der Waals surface area contributed by atoms with Crippen LogP contribution in [0.4, 0.5) is 0 Å². The Balaban J connectivity index is 2.46. The summed E-state index contributed by atoms with van der Waals surface area (Å²) in [6.45, 7) is 2.93. The van der Waals surface area contributed by atoms with Gasteiger partial charge in [-0.05, 0) is 31.6 Å². The molecule has 70 valence electrons. The van der Waals surface area contributed by atoms with Crippen molar-refractivity contribution in [1.29, 1.82) is 0 Å². The van der Waals surface area contributed by atoms with Gasteiger partial charge in [-0.2, -0.15) is 0 Å². The molecule has 0 saturated heterocycles. The van der Waals surface area contributed by atoms with Crippen LogP contribution in [-0.4, -0.2) is 20.0 Å². The molecule has 0 aromatic rings. The van der Waals surface area contributed by atoms with E-state index in [2.05, 4.69) is 6.92 Å². The van der Waals surface area contributed by atoms with Crippen LogP contribution in [0.5, 0.6) is 0 Å². The number of methoxy groups -OCH3 is 1. The molecule has 1 aliphatic carbocycles. The van der Waals surface area contributed by atoms with Gasteiger partial charge in [-0.15, -0.1) is 0 Å². The molecule has 1 aliphatic rings. The minimum atomic E-state index is -0.0462. The Bertz CT molecular complexity index is 156. The second kappa shape index (κ2) is 4.04. The Morgan fingerprint density at radius 2 is 2.42 bits per heavy atom. The highest BCUT2D eigenvalue weighted by atomic mass is 16.5. The second-order valence-corrected chi connectivity index (χ2v) is 4.07. The number of hydrogen-bond acceptors (Lipinski definition) is 2. The molecule has 0 bridgehead atoms. The molecule has 12 heavy (non-hydrogen) atoms. The number of aldehydes is 1. The van der Waals surface area contributed by atoms with Gasteiger partial charge in [0.15, 0.2) is 0 Å². The van der Waals surface area contributed by atoms with Crippen molar-refractivity contribution in [2.75, 3.05) is 13.7 Å². The van der Waals surface area contributed by atoms with Gasteiger partial charge in [0.2, 0.25) is 0 Å². The molecule has 2 unspecified atom stereocenters. The van der Waals surface area contributed by atoms with Gasteiger partial charge < -0.3 is 9.53 Å². The molecule has 1 saturated carbocycles. The first kappa shape index (κ1) is 9.72. The van der Waals surface area contributed by atoms with E-state index in [1.807, 2.05) is 0 Å². The lowest BCUT2D eigenvalue weighted by Gasteiger charge is -2.21. The zero-order valence-corrected chi connectivity index (χ0v) is 8.01. The molecule has 0 heterocycles. The van der Waals surface area contributed by atoms with Crippen molar-refractivity contribution in [2.45, 2.75) is 32.6 Å².